The molecule has 2 atom stereocenters. The van der Waals surface area contributed by atoms with E-state index in [1.807, 2.05) is 0 Å². The van der Waals surface area contributed by atoms with Crippen molar-refractivity contribution in [3.63, 3.8) is 0 Å². The molecule has 488 valence electrons. The van der Waals surface area contributed by atoms with E-state index in [9.17, 15) is 19.8 Å². The van der Waals surface area contributed by atoms with E-state index in [4.69, 9.17) is 4.74 Å². The van der Waals surface area contributed by atoms with Crippen molar-refractivity contribution in [2.75, 3.05) is 13.2 Å². The van der Waals surface area contributed by atoms with Crippen molar-refractivity contribution in [3.05, 3.63) is 12.2 Å². The monoisotopic (exact) mass is 1160 g/mol. The van der Waals surface area contributed by atoms with Crippen LogP contribution in [-0.4, -0.2) is 47.4 Å². The van der Waals surface area contributed by atoms with Gasteiger partial charge in [0, 0.05) is 12.8 Å². The summed E-state index contributed by atoms with van der Waals surface area (Å²) in [4.78, 5) is 24.6. The highest BCUT2D eigenvalue weighted by Crippen LogP contribution is 2.20. The number of aliphatic hydroxyl groups is 2. The standard InChI is InChI=1S/C76H149NO5/c1-3-5-7-9-11-13-15-17-19-20-21-22-31-34-37-41-44-48-52-56-60-64-68-74(79)73(72-78)77-75(80)69-65-61-57-53-49-45-42-38-35-32-29-27-25-23-24-26-28-30-33-36-39-43-47-51-55-59-63-67-71-82-76(81)70-66-62-58-54-50-46-40-18-16-14-12-10-8-6-4-2/h23-24,73-74,78-79H,3-22,25-72H2,1-2H3,(H,77,80)/b24-23-. The maximum atomic E-state index is 12.6. The average molecular weight is 1160 g/mol. The first-order chi connectivity index (χ1) is 40.5. The van der Waals surface area contributed by atoms with Crippen molar-refractivity contribution in [1.82, 2.24) is 5.32 Å². The number of aliphatic hydroxyl groups excluding tert-OH is 2. The Morgan fingerprint density at radius 2 is 0.573 bits per heavy atom. The summed E-state index contributed by atoms with van der Waals surface area (Å²) in [5.74, 6) is -0.00937. The molecule has 0 aliphatic carbocycles. The first-order valence-corrected chi connectivity index (χ1v) is 37.9. The first-order valence-electron chi connectivity index (χ1n) is 37.9. The zero-order valence-corrected chi connectivity index (χ0v) is 56.0. The van der Waals surface area contributed by atoms with Gasteiger partial charge in [-0.05, 0) is 51.4 Å². The molecule has 6 nitrogen and oxygen atoms in total. The number of carbonyl (C=O) groups excluding carboxylic acids is 2. The van der Waals surface area contributed by atoms with Crippen LogP contribution in [0.2, 0.25) is 0 Å². The van der Waals surface area contributed by atoms with Crippen LogP contribution < -0.4 is 5.32 Å². The molecule has 0 aliphatic rings. The van der Waals surface area contributed by atoms with Gasteiger partial charge >= 0.3 is 5.97 Å². The molecule has 1 amide bonds. The van der Waals surface area contributed by atoms with E-state index in [1.165, 1.54) is 366 Å². The fourth-order valence-electron chi connectivity index (χ4n) is 12.3. The smallest absolute Gasteiger partial charge is 0.305 e. The van der Waals surface area contributed by atoms with Gasteiger partial charge in [0.15, 0.2) is 0 Å². The molecular formula is C76H149NO5. The third kappa shape index (κ3) is 67.7. The van der Waals surface area contributed by atoms with Crippen LogP contribution in [0.15, 0.2) is 12.2 Å². The topological polar surface area (TPSA) is 95.9 Å². The highest BCUT2D eigenvalue weighted by atomic mass is 16.5. The Balaban J connectivity index is 3.37. The zero-order chi connectivity index (χ0) is 59.2. The minimum atomic E-state index is -0.665. The molecule has 82 heavy (non-hydrogen) atoms. The van der Waals surface area contributed by atoms with Gasteiger partial charge in [0.1, 0.15) is 0 Å². The number of ether oxygens (including phenoxy) is 1. The lowest BCUT2D eigenvalue weighted by Gasteiger charge is -2.22. The van der Waals surface area contributed by atoms with Gasteiger partial charge in [-0.1, -0.05) is 386 Å². The van der Waals surface area contributed by atoms with E-state index in [-0.39, 0.29) is 18.5 Å². The fourth-order valence-corrected chi connectivity index (χ4v) is 12.3. The molecule has 6 heteroatoms. The lowest BCUT2D eigenvalue weighted by atomic mass is 10.0. The second-order valence-electron chi connectivity index (χ2n) is 26.3. The normalized spacial score (nSPS) is 12.5. The third-order valence-electron chi connectivity index (χ3n) is 18.1. The lowest BCUT2D eigenvalue weighted by Crippen LogP contribution is -2.45. The van der Waals surface area contributed by atoms with Gasteiger partial charge in [0.2, 0.25) is 5.91 Å². The number of allylic oxidation sites excluding steroid dienone is 2. The van der Waals surface area contributed by atoms with E-state index in [2.05, 4.69) is 31.3 Å². The molecule has 0 aliphatic heterocycles. The van der Waals surface area contributed by atoms with Crippen LogP contribution in [-0.2, 0) is 14.3 Å². The Morgan fingerprint density at radius 1 is 0.329 bits per heavy atom. The molecule has 0 rings (SSSR count). The molecule has 2 unspecified atom stereocenters. The van der Waals surface area contributed by atoms with Crippen LogP contribution >= 0.6 is 0 Å². The number of hydrogen-bond donors (Lipinski definition) is 3. The molecule has 0 aromatic carbocycles. The molecule has 0 aromatic rings. The van der Waals surface area contributed by atoms with Gasteiger partial charge in [-0.3, -0.25) is 9.59 Å². The fraction of sp³-hybridized carbons (Fsp3) is 0.947. The SMILES string of the molecule is CCCCCCCCCCCCCCCCCCCCCCCCC(O)C(CO)NC(=O)CCCCCCCCCCCCCC/C=C\CCCCCCCCCCCCCCOC(=O)CCCCCCCCCCCCCCCCC. The van der Waals surface area contributed by atoms with E-state index in [0.717, 1.165) is 38.5 Å². The second-order valence-corrected chi connectivity index (χ2v) is 26.3. The Labute approximate surface area is 514 Å². The average Bonchev–Trinajstić information content (AvgIpc) is 3.48. The number of carbonyl (C=O) groups is 2. The lowest BCUT2D eigenvalue weighted by molar-refractivity contribution is -0.143. The summed E-state index contributed by atoms with van der Waals surface area (Å²) in [5, 5.41) is 23.4. The van der Waals surface area contributed by atoms with Gasteiger partial charge in [0.25, 0.3) is 0 Å². The van der Waals surface area contributed by atoms with E-state index in [0.29, 0.717) is 25.9 Å². The van der Waals surface area contributed by atoms with E-state index < -0.39 is 12.1 Å². The van der Waals surface area contributed by atoms with Gasteiger partial charge < -0.3 is 20.3 Å². The van der Waals surface area contributed by atoms with Crippen molar-refractivity contribution in [1.29, 1.82) is 0 Å². The van der Waals surface area contributed by atoms with Gasteiger partial charge in [0.05, 0.1) is 25.4 Å². The largest absolute Gasteiger partial charge is 0.466 e. The summed E-state index contributed by atoms with van der Waals surface area (Å²) in [6.45, 7) is 5.01. The minimum Gasteiger partial charge on any atom is -0.466 e. The molecule has 0 radical (unpaired) electrons. The van der Waals surface area contributed by atoms with Crippen molar-refractivity contribution in [3.8, 4) is 0 Å². The number of hydrogen-bond acceptors (Lipinski definition) is 5. The highest BCUT2D eigenvalue weighted by molar-refractivity contribution is 5.76. The van der Waals surface area contributed by atoms with Gasteiger partial charge in [-0.2, -0.15) is 0 Å². The second kappa shape index (κ2) is 72.1. The molecule has 0 saturated heterocycles. The number of esters is 1. The predicted octanol–water partition coefficient (Wildman–Crippen LogP) is 24.7. The van der Waals surface area contributed by atoms with Crippen molar-refractivity contribution in [2.24, 2.45) is 0 Å². The molecular weight excluding hydrogens is 1010 g/mol. The zero-order valence-electron chi connectivity index (χ0n) is 56.0. The Bertz CT molecular complexity index is 1240. The predicted molar refractivity (Wildman–Crippen MR) is 361 cm³/mol. The van der Waals surface area contributed by atoms with Gasteiger partial charge in [-0.15, -0.1) is 0 Å². The molecule has 0 spiro atoms. The Kier molecular flexibility index (Phi) is 70.8. The summed E-state index contributed by atoms with van der Waals surface area (Å²) in [6, 6.07) is -0.542. The van der Waals surface area contributed by atoms with Crippen LogP contribution in [0.3, 0.4) is 0 Å². The molecule has 0 aromatic heterocycles. The third-order valence-corrected chi connectivity index (χ3v) is 18.1. The molecule has 0 saturated carbocycles. The summed E-state index contributed by atoms with van der Waals surface area (Å²) >= 11 is 0. The number of unbranched alkanes of at least 4 members (excludes halogenated alkanes) is 59. The molecule has 3 N–H and O–H groups in total. The Hall–Kier alpha value is -1.40. The van der Waals surface area contributed by atoms with E-state index >= 15 is 0 Å². The Morgan fingerprint density at radius 3 is 0.866 bits per heavy atom. The van der Waals surface area contributed by atoms with Gasteiger partial charge in [-0.25, -0.2) is 0 Å². The molecule has 0 fully saturated rings. The van der Waals surface area contributed by atoms with Crippen LogP contribution in [0.1, 0.15) is 438 Å². The quantitative estimate of drug-likeness (QED) is 0.0320. The number of amides is 1. The van der Waals surface area contributed by atoms with E-state index in [1.54, 1.807) is 0 Å². The van der Waals surface area contributed by atoms with Crippen LogP contribution in [0, 0.1) is 0 Å². The summed E-state index contributed by atoms with van der Waals surface area (Å²) in [6.07, 6.45) is 89.9. The summed E-state index contributed by atoms with van der Waals surface area (Å²) in [5.41, 5.74) is 0. The van der Waals surface area contributed by atoms with Crippen LogP contribution in [0.4, 0.5) is 0 Å². The highest BCUT2D eigenvalue weighted by Gasteiger charge is 2.20. The summed E-state index contributed by atoms with van der Waals surface area (Å²) < 4.78 is 5.50. The molecule has 0 heterocycles. The maximum Gasteiger partial charge on any atom is 0.305 e. The van der Waals surface area contributed by atoms with Crippen molar-refractivity contribution in [2.45, 2.75) is 450 Å². The number of rotatable bonds is 72. The minimum absolute atomic E-state index is 0.0200. The maximum absolute atomic E-state index is 12.6. The van der Waals surface area contributed by atoms with Crippen molar-refractivity contribution < 1.29 is 24.5 Å². The first kappa shape index (κ1) is 80.6. The van der Waals surface area contributed by atoms with Crippen molar-refractivity contribution >= 4 is 11.9 Å². The molecule has 0 bridgehead atoms. The van der Waals surface area contributed by atoms with Crippen LogP contribution in [0.25, 0.3) is 0 Å². The number of nitrogens with one attached hydrogen (secondary N) is 1. The van der Waals surface area contributed by atoms with Crippen LogP contribution in [0.5, 0.6) is 0 Å². The summed E-state index contributed by atoms with van der Waals surface area (Å²) in [7, 11) is 0.